The first kappa shape index (κ1) is 13.7. The summed E-state index contributed by atoms with van der Waals surface area (Å²) in [6, 6.07) is 9.66. The first-order chi connectivity index (χ1) is 8.84. The molecule has 0 bridgehead atoms. The SMILES string of the molecule is O[C@H](COc1ccccc1)CN1CCCSCC1. The van der Waals surface area contributed by atoms with Gasteiger partial charge in [-0.05, 0) is 30.9 Å². The highest BCUT2D eigenvalue weighted by Gasteiger charge is 2.14. The molecule has 2 rings (SSSR count). The third kappa shape index (κ3) is 4.88. The van der Waals surface area contributed by atoms with Crippen LogP contribution in [0.5, 0.6) is 5.75 Å². The van der Waals surface area contributed by atoms with Crippen LogP contribution in [0.4, 0.5) is 0 Å². The van der Waals surface area contributed by atoms with Crippen LogP contribution in [0.1, 0.15) is 6.42 Å². The standard InChI is InChI=1S/C14H21NO2S/c16-13(11-15-7-4-9-18-10-8-15)12-17-14-5-2-1-3-6-14/h1-3,5-6,13,16H,4,7-12H2/t13-/m0/s1. The summed E-state index contributed by atoms with van der Waals surface area (Å²) in [5, 5.41) is 9.98. The molecule has 0 aliphatic carbocycles. The molecule has 100 valence electrons. The van der Waals surface area contributed by atoms with Gasteiger partial charge in [0.25, 0.3) is 0 Å². The fourth-order valence-electron chi connectivity index (χ4n) is 2.04. The van der Waals surface area contributed by atoms with Crippen LogP contribution in [-0.2, 0) is 0 Å². The average molecular weight is 267 g/mol. The van der Waals surface area contributed by atoms with E-state index >= 15 is 0 Å². The molecular weight excluding hydrogens is 246 g/mol. The van der Waals surface area contributed by atoms with Crippen molar-refractivity contribution in [3.63, 3.8) is 0 Å². The number of β-amino-alcohol motifs (C(OH)–C–C–N with tert-alkyl or cyclic N) is 1. The Bertz CT molecular complexity index is 326. The molecule has 1 aromatic rings. The number of rotatable bonds is 5. The molecule has 0 spiro atoms. The van der Waals surface area contributed by atoms with Gasteiger partial charge in [0, 0.05) is 18.8 Å². The van der Waals surface area contributed by atoms with Crippen LogP contribution in [0, 0.1) is 0 Å². The van der Waals surface area contributed by atoms with Crippen molar-refractivity contribution in [2.24, 2.45) is 0 Å². The number of thioether (sulfide) groups is 1. The molecule has 0 amide bonds. The molecule has 1 aromatic carbocycles. The van der Waals surface area contributed by atoms with Crippen molar-refractivity contribution in [1.29, 1.82) is 0 Å². The van der Waals surface area contributed by atoms with Gasteiger partial charge in [0.1, 0.15) is 18.5 Å². The molecule has 3 nitrogen and oxygen atoms in total. The molecule has 0 aromatic heterocycles. The van der Waals surface area contributed by atoms with Crippen molar-refractivity contribution in [2.75, 3.05) is 37.7 Å². The van der Waals surface area contributed by atoms with Gasteiger partial charge in [-0.1, -0.05) is 18.2 Å². The Morgan fingerprint density at radius 2 is 2.06 bits per heavy atom. The highest BCUT2D eigenvalue weighted by atomic mass is 32.2. The molecule has 0 saturated carbocycles. The first-order valence-corrected chi connectivity index (χ1v) is 7.66. The zero-order chi connectivity index (χ0) is 12.6. The summed E-state index contributed by atoms with van der Waals surface area (Å²) in [5.74, 6) is 3.24. The summed E-state index contributed by atoms with van der Waals surface area (Å²) < 4.78 is 5.56. The number of aliphatic hydroxyl groups is 1. The van der Waals surface area contributed by atoms with E-state index in [2.05, 4.69) is 4.90 Å². The van der Waals surface area contributed by atoms with Crippen molar-refractivity contribution in [3.8, 4) is 5.75 Å². The summed E-state index contributed by atoms with van der Waals surface area (Å²) in [5.41, 5.74) is 0. The van der Waals surface area contributed by atoms with Crippen molar-refractivity contribution in [2.45, 2.75) is 12.5 Å². The number of hydrogen-bond donors (Lipinski definition) is 1. The second-order valence-electron chi connectivity index (χ2n) is 4.54. The zero-order valence-electron chi connectivity index (χ0n) is 10.6. The molecule has 1 atom stereocenters. The maximum Gasteiger partial charge on any atom is 0.119 e. The third-order valence-electron chi connectivity index (χ3n) is 2.97. The van der Waals surface area contributed by atoms with Gasteiger partial charge < -0.3 is 9.84 Å². The Morgan fingerprint density at radius 1 is 1.22 bits per heavy atom. The minimum Gasteiger partial charge on any atom is -0.491 e. The average Bonchev–Trinajstić information content (AvgIpc) is 2.66. The van der Waals surface area contributed by atoms with Crippen molar-refractivity contribution < 1.29 is 9.84 Å². The fourth-order valence-corrected chi connectivity index (χ4v) is 2.96. The van der Waals surface area contributed by atoms with E-state index in [4.69, 9.17) is 4.74 Å². The zero-order valence-corrected chi connectivity index (χ0v) is 11.4. The highest BCUT2D eigenvalue weighted by molar-refractivity contribution is 7.99. The van der Waals surface area contributed by atoms with Crippen molar-refractivity contribution >= 4 is 11.8 Å². The third-order valence-corrected chi connectivity index (χ3v) is 4.02. The molecule has 18 heavy (non-hydrogen) atoms. The summed E-state index contributed by atoms with van der Waals surface area (Å²) in [7, 11) is 0. The van der Waals surface area contributed by atoms with E-state index in [1.807, 2.05) is 42.1 Å². The van der Waals surface area contributed by atoms with E-state index in [0.717, 1.165) is 18.8 Å². The van der Waals surface area contributed by atoms with Gasteiger partial charge in [-0.15, -0.1) is 0 Å². The van der Waals surface area contributed by atoms with Gasteiger partial charge in [-0.2, -0.15) is 11.8 Å². The number of ether oxygens (including phenoxy) is 1. The molecule has 1 aliphatic rings. The van der Waals surface area contributed by atoms with Crippen LogP contribution in [0.25, 0.3) is 0 Å². The predicted octanol–water partition coefficient (Wildman–Crippen LogP) is 1.87. The Kier molecular flexibility index (Phi) is 5.84. The molecular formula is C14H21NO2S. The molecule has 1 aliphatic heterocycles. The second kappa shape index (κ2) is 7.67. The minimum absolute atomic E-state index is 0.369. The Hall–Kier alpha value is -0.710. The number of hydrogen-bond acceptors (Lipinski definition) is 4. The largest absolute Gasteiger partial charge is 0.491 e. The summed E-state index contributed by atoms with van der Waals surface area (Å²) in [6.07, 6.45) is 0.810. The minimum atomic E-state index is -0.409. The molecule has 1 N–H and O–H groups in total. The lowest BCUT2D eigenvalue weighted by molar-refractivity contribution is 0.0708. The Labute approximate surface area is 113 Å². The Morgan fingerprint density at radius 3 is 2.89 bits per heavy atom. The van der Waals surface area contributed by atoms with Gasteiger partial charge in [-0.3, -0.25) is 4.90 Å². The Balaban J connectivity index is 1.69. The van der Waals surface area contributed by atoms with Crippen LogP contribution in [-0.4, -0.2) is 53.9 Å². The lowest BCUT2D eigenvalue weighted by atomic mass is 10.3. The molecule has 1 saturated heterocycles. The number of para-hydroxylation sites is 1. The second-order valence-corrected chi connectivity index (χ2v) is 5.77. The van der Waals surface area contributed by atoms with E-state index in [0.29, 0.717) is 13.2 Å². The van der Waals surface area contributed by atoms with Gasteiger partial charge in [0.05, 0.1) is 0 Å². The van der Waals surface area contributed by atoms with Crippen molar-refractivity contribution in [1.82, 2.24) is 4.90 Å². The molecule has 1 heterocycles. The maximum atomic E-state index is 9.98. The number of aliphatic hydroxyl groups excluding tert-OH is 1. The van der Waals surface area contributed by atoms with Gasteiger partial charge in [0.15, 0.2) is 0 Å². The normalized spacial score (nSPS) is 19.2. The number of nitrogens with zero attached hydrogens (tertiary/aromatic N) is 1. The van der Waals surface area contributed by atoms with E-state index < -0.39 is 6.10 Å². The van der Waals surface area contributed by atoms with E-state index in [9.17, 15) is 5.11 Å². The fraction of sp³-hybridized carbons (Fsp3) is 0.571. The molecule has 1 fully saturated rings. The van der Waals surface area contributed by atoms with Crippen LogP contribution < -0.4 is 4.74 Å². The monoisotopic (exact) mass is 267 g/mol. The van der Waals surface area contributed by atoms with Crippen molar-refractivity contribution in [3.05, 3.63) is 30.3 Å². The van der Waals surface area contributed by atoms with Crippen LogP contribution >= 0.6 is 11.8 Å². The number of benzene rings is 1. The van der Waals surface area contributed by atoms with E-state index in [1.54, 1.807) is 0 Å². The summed E-state index contributed by atoms with van der Waals surface area (Å²) >= 11 is 2.00. The first-order valence-electron chi connectivity index (χ1n) is 6.50. The van der Waals surface area contributed by atoms with Gasteiger partial charge in [-0.25, -0.2) is 0 Å². The van der Waals surface area contributed by atoms with Gasteiger partial charge in [0.2, 0.25) is 0 Å². The van der Waals surface area contributed by atoms with Gasteiger partial charge >= 0.3 is 0 Å². The maximum absolute atomic E-state index is 9.98. The quantitative estimate of drug-likeness (QED) is 0.883. The van der Waals surface area contributed by atoms with Crippen LogP contribution in [0.2, 0.25) is 0 Å². The summed E-state index contributed by atoms with van der Waals surface area (Å²) in [4.78, 5) is 2.33. The highest BCUT2D eigenvalue weighted by Crippen LogP contribution is 2.11. The predicted molar refractivity (Wildman–Crippen MR) is 76.3 cm³/mol. The summed E-state index contributed by atoms with van der Waals surface area (Å²) in [6.45, 7) is 3.25. The smallest absolute Gasteiger partial charge is 0.119 e. The van der Waals surface area contributed by atoms with Crippen LogP contribution in [0.15, 0.2) is 30.3 Å². The van der Waals surface area contributed by atoms with E-state index in [-0.39, 0.29) is 0 Å². The topological polar surface area (TPSA) is 32.7 Å². The molecule has 4 heteroatoms. The lowest BCUT2D eigenvalue weighted by Crippen LogP contribution is -2.36. The lowest BCUT2D eigenvalue weighted by Gasteiger charge is -2.22. The molecule has 0 radical (unpaired) electrons. The van der Waals surface area contributed by atoms with E-state index in [1.165, 1.54) is 17.9 Å². The van der Waals surface area contributed by atoms with Crippen LogP contribution in [0.3, 0.4) is 0 Å². The molecule has 0 unspecified atom stereocenters.